The van der Waals surface area contributed by atoms with Gasteiger partial charge in [-0.15, -0.1) is 0 Å². The minimum absolute atomic E-state index is 0.0665. The summed E-state index contributed by atoms with van der Waals surface area (Å²) >= 11 is 0. The molecule has 1 N–H and O–H groups in total. The smallest absolute Gasteiger partial charge is 0.239 e. The van der Waals surface area contributed by atoms with Crippen molar-refractivity contribution in [3.8, 4) is 0 Å². The van der Waals surface area contributed by atoms with Gasteiger partial charge in [0.05, 0.1) is 12.7 Å². The number of rotatable bonds is 5. The first kappa shape index (κ1) is 17.4. The summed E-state index contributed by atoms with van der Waals surface area (Å²) in [4.78, 5) is 17.0. The third kappa shape index (κ3) is 4.57. The van der Waals surface area contributed by atoms with Crippen molar-refractivity contribution in [1.29, 1.82) is 0 Å². The molecule has 1 saturated carbocycles. The molecule has 0 radical (unpaired) electrons. The van der Waals surface area contributed by atoms with Gasteiger partial charge in [-0.2, -0.15) is 5.10 Å². The average Bonchev–Trinajstić information content (AvgIpc) is 2.98. The Morgan fingerprint density at radius 2 is 2.08 bits per heavy atom. The first-order chi connectivity index (χ1) is 11.6. The van der Waals surface area contributed by atoms with Crippen LogP contribution in [0.1, 0.15) is 39.0 Å². The van der Waals surface area contributed by atoms with Crippen LogP contribution < -0.4 is 5.32 Å². The topological polar surface area (TPSA) is 53.4 Å². The first-order valence-electron chi connectivity index (χ1n) is 9.36. The molecule has 1 saturated heterocycles. The summed E-state index contributed by atoms with van der Waals surface area (Å²) < 4.78 is 1.97. The van der Waals surface area contributed by atoms with E-state index in [0.29, 0.717) is 18.5 Å². The van der Waals surface area contributed by atoms with E-state index >= 15 is 0 Å². The minimum Gasteiger partial charge on any atom is -0.310 e. The van der Waals surface area contributed by atoms with E-state index in [-0.39, 0.29) is 5.91 Å². The molecule has 6 heteroatoms. The molecule has 1 amide bonds. The van der Waals surface area contributed by atoms with E-state index in [1.165, 1.54) is 32.1 Å². The Labute approximate surface area is 145 Å². The molecule has 3 rings (SSSR count). The Morgan fingerprint density at radius 1 is 1.29 bits per heavy atom. The Bertz CT molecular complexity index is 537. The molecular formula is C18H31N5O. The fourth-order valence-electron chi connectivity index (χ4n) is 3.98. The molecule has 1 aliphatic carbocycles. The minimum atomic E-state index is 0.0665. The third-order valence-corrected chi connectivity index (χ3v) is 5.45. The van der Waals surface area contributed by atoms with Crippen molar-refractivity contribution in [1.82, 2.24) is 19.6 Å². The number of aromatic nitrogens is 2. The Kier molecular flexibility index (Phi) is 5.89. The van der Waals surface area contributed by atoms with Crippen molar-refractivity contribution < 1.29 is 4.79 Å². The monoisotopic (exact) mass is 333 g/mol. The van der Waals surface area contributed by atoms with Gasteiger partial charge in [0.15, 0.2) is 0 Å². The molecular weight excluding hydrogens is 302 g/mol. The molecule has 1 atom stereocenters. The number of piperazine rings is 1. The average molecular weight is 333 g/mol. The highest BCUT2D eigenvalue weighted by atomic mass is 16.2. The second-order valence-electron chi connectivity index (χ2n) is 7.53. The normalized spacial score (nSPS) is 24.2. The van der Waals surface area contributed by atoms with Crippen LogP contribution in [-0.4, -0.2) is 64.8 Å². The van der Waals surface area contributed by atoms with Gasteiger partial charge in [0.2, 0.25) is 5.91 Å². The van der Waals surface area contributed by atoms with Crippen molar-refractivity contribution in [3.05, 3.63) is 12.3 Å². The number of nitrogens with one attached hydrogen (secondary N) is 1. The lowest BCUT2D eigenvalue weighted by Crippen LogP contribution is -2.52. The van der Waals surface area contributed by atoms with Gasteiger partial charge in [-0.25, -0.2) is 4.68 Å². The van der Waals surface area contributed by atoms with Crippen molar-refractivity contribution in [2.45, 2.75) is 51.6 Å². The van der Waals surface area contributed by atoms with Gasteiger partial charge in [0.1, 0.15) is 5.82 Å². The zero-order valence-corrected chi connectivity index (χ0v) is 15.1. The summed E-state index contributed by atoms with van der Waals surface area (Å²) in [6.07, 6.45) is 8.38. The predicted molar refractivity (Wildman–Crippen MR) is 96.0 cm³/mol. The lowest BCUT2D eigenvalue weighted by atomic mass is 9.89. The van der Waals surface area contributed by atoms with Gasteiger partial charge in [-0.1, -0.05) is 19.3 Å². The molecule has 24 heavy (non-hydrogen) atoms. The quantitative estimate of drug-likeness (QED) is 0.896. The van der Waals surface area contributed by atoms with Crippen LogP contribution in [0.25, 0.3) is 0 Å². The van der Waals surface area contributed by atoms with Gasteiger partial charge in [-0.05, 0) is 32.7 Å². The summed E-state index contributed by atoms with van der Waals surface area (Å²) in [5.41, 5.74) is 0. The molecule has 1 aliphatic heterocycles. The molecule has 0 bridgehead atoms. The highest BCUT2D eigenvalue weighted by Crippen LogP contribution is 2.25. The highest BCUT2D eigenvalue weighted by Gasteiger charge is 2.24. The van der Waals surface area contributed by atoms with E-state index in [9.17, 15) is 4.79 Å². The number of hydrogen-bond donors (Lipinski definition) is 1. The molecule has 2 heterocycles. The Morgan fingerprint density at radius 3 is 2.83 bits per heavy atom. The van der Waals surface area contributed by atoms with Gasteiger partial charge in [-0.3, -0.25) is 9.69 Å². The largest absolute Gasteiger partial charge is 0.310 e. The van der Waals surface area contributed by atoms with Crippen LogP contribution in [0.15, 0.2) is 12.3 Å². The van der Waals surface area contributed by atoms with Crippen molar-refractivity contribution in [2.75, 3.05) is 38.5 Å². The number of hydrogen-bond acceptors (Lipinski definition) is 4. The number of amides is 1. The van der Waals surface area contributed by atoms with E-state index in [0.717, 1.165) is 32.0 Å². The van der Waals surface area contributed by atoms with Crippen LogP contribution in [0.2, 0.25) is 0 Å². The molecule has 6 nitrogen and oxygen atoms in total. The Hall–Kier alpha value is -1.40. The van der Waals surface area contributed by atoms with Crippen LogP contribution in [-0.2, 0) is 11.3 Å². The Balaban J connectivity index is 1.52. The maximum absolute atomic E-state index is 12.4. The van der Waals surface area contributed by atoms with Crippen LogP contribution in [0.5, 0.6) is 0 Å². The summed E-state index contributed by atoms with van der Waals surface area (Å²) in [7, 11) is 2.14. The van der Waals surface area contributed by atoms with Gasteiger partial charge < -0.3 is 10.2 Å². The van der Waals surface area contributed by atoms with E-state index < -0.39 is 0 Å². The van der Waals surface area contributed by atoms with Crippen LogP contribution in [0.3, 0.4) is 0 Å². The number of anilines is 1. The molecule has 1 aromatic heterocycles. The predicted octanol–water partition coefficient (Wildman–Crippen LogP) is 2.04. The second kappa shape index (κ2) is 8.12. The van der Waals surface area contributed by atoms with Crippen molar-refractivity contribution in [3.63, 3.8) is 0 Å². The fourth-order valence-corrected chi connectivity index (χ4v) is 3.98. The maximum atomic E-state index is 12.4. The summed E-state index contributed by atoms with van der Waals surface area (Å²) in [5, 5.41) is 7.48. The van der Waals surface area contributed by atoms with Crippen LogP contribution in [0.4, 0.5) is 5.82 Å². The highest BCUT2D eigenvalue weighted by molar-refractivity contribution is 5.91. The SMILES string of the molecule is C[C@H]1CN(C)CCN1CC(=O)Nc1ccnn1CC1CCCCC1. The third-order valence-electron chi connectivity index (χ3n) is 5.45. The summed E-state index contributed by atoms with van der Waals surface area (Å²) in [6.45, 7) is 6.57. The van der Waals surface area contributed by atoms with E-state index in [4.69, 9.17) is 0 Å². The van der Waals surface area contributed by atoms with Gasteiger partial charge in [0, 0.05) is 38.3 Å². The maximum Gasteiger partial charge on any atom is 0.239 e. The van der Waals surface area contributed by atoms with Crippen molar-refractivity contribution >= 4 is 11.7 Å². The number of likely N-dealkylation sites (N-methyl/N-ethyl adjacent to an activating group) is 1. The standard InChI is InChI=1S/C18H31N5O/c1-15-12-21(2)10-11-22(15)14-18(24)20-17-8-9-19-23(17)13-16-6-4-3-5-7-16/h8-9,15-16H,3-7,10-14H2,1-2H3,(H,20,24)/t15-/m0/s1. The molecule has 0 unspecified atom stereocenters. The molecule has 2 aliphatic rings. The lowest BCUT2D eigenvalue weighted by molar-refractivity contribution is -0.118. The molecule has 1 aromatic rings. The zero-order chi connectivity index (χ0) is 16.9. The number of nitrogens with zero attached hydrogens (tertiary/aromatic N) is 4. The molecule has 0 aromatic carbocycles. The van der Waals surface area contributed by atoms with E-state index in [1.807, 2.05) is 10.7 Å². The van der Waals surface area contributed by atoms with Gasteiger partial charge in [0.25, 0.3) is 0 Å². The second-order valence-corrected chi connectivity index (χ2v) is 7.53. The van der Waals surface area contributed by atoms with Crippen molar-refractivity contribution in [2.24, 2.45) is 5.92 Å². The van der Waals surface area contributed by atoms with E-state index in [2.05, 4.69) is 34.2 Å². The number of carbonyl (C=O) groups excluding carboxylic acids is 1. The van der Waals surface area contributed by atoms with Crippen LogP contribution >= 0.6 is 0 Å². The summed E-state index contributed by atoms with van der Waals surface area (Å²) in [6, 6.07) is 2.33. The molecule has 134 valence electrons. The van der Waals surface area contributed by atoms with Crippen LogP contribution in [0, 0.1) is 5.92 Å². The first-order valence-corrected chi connectivity index (χ1v) is 9.36. The fraction of sp³-hybridized carbons (Fsp3) is 0.778. The molecule has 0 spiro atoms. The van der Waals surface area contributed by atoms with Gasteiger partial charge >= 0.3 is 0 Å². The lowest BCUT2D eigenvalue weighted by Gasteiger charge is -2.37. The van der Waals surface area contributed by atoms with E-state index in [1.54, 1.807) is 6.20 Å². The molecule has 2 fully saturated rings. The zero-order valence-electron chi connectivity index (χ0n) is 15.1. The number of carbonyl (C=O) groups is 1. The summed E-state index contributed by atoms with van der Waals surface area (Å²) in [5.74, 6) is 1.61.